The van der Waals surface area contributed by atoms with Gasteiger partial charge in [0.05, 0.1) is 23.1 Å². The van der Waals surface area contributed by atoms with Gasteiger partial charge in [-0.25, -0.2) is 5.10 Å². The Morgan fingerprint density at radius 2 is 1.79 bits per heavy atom. The number of aromatic nitrogens is 2. The lowest BCUT2D eigenvalue weighted by atomic mass is 9.84. The number of benzene rings is 2. The maximum atomic E-state index is 12.9. The molecule has 2 heterocycles. The van der Waals surface area contributed by atoms with E-state index in [9.17, 15) is 19.5 Å². The summed E-state index contributed by atoms with van der Waals surface area (Å²) in [5.41, 5.74) is -0.110. The molecular weight excluding hydrogens is 444 g/mol. The predicted molar refractivity (Wildman–Crippen MR) is 125 cm³/mol. The molecule has 4 rings (SSSR count). The number of aliphatic hydroxyl groups is 1. The summed E-state index contributed by atoms with van der Waals surface area (Å²) in [6, 6.07) is 13.3. The molecule has 1 aliphatic heterocycles. The second kappa shape index (κ2) is 9.33. The van der Waals surface area contributed by atoms with Crippen LogP contribution in [-0.2, 0) is 21.6 Å². The number of fused-ring (bicyclic) bond motifs is 1. The van der Waals surface area contributed by atoms with Crippen molar-refractivity contribution in [2.75, 3.05) is 13.1 Å². The summed E-state index contributed by atoms with van der Waals surface area (Å²) in [5.74, 6) is -0.573. The van der Waals surface area contributed by atoms with Crippen LogP contribution in [0.25, 0.3) is 10.8 Å². The van der Waals surface area contributed by atoms with Crippen LogP contribution < -0.4 is 10.9 Å². The molecule has 9 heteroatoms. The highest BCUT2D eigenvalue weighted by Gasteiger charge is 2.36. The number of nitrogens with zero attached hydrogens (tertiary/aromatic N) is 2. The molecule has 0 saturated carbocycles. The van der Waals surface area contributed by atoms with Crippen LogP contribution in [0.1, 0.15) is 31.0 Å². The van der Waals surface area contributed by atoms with E-state index in [1.165, 1.54) is 0 Å². The van der Waals surface area contributed by atoms with E-state index in [2.05, 4.69) is 15.5 Å². The molecule has 1 atom stereocenters. The van der Waals surface area contributed by atoms with Crippen molar-refractivity contribution in [1.82, 2.24) is 20.4 Å². The average Bonchev–Trinajstić information content (AvgIpc) is 2.81. The second-order valence-corrected chi connectivity index (χ2v) is 8.81. The van der Waals surface area contributed by atoms with Gasteiger partial charge in [-0.1, -0.05) is 41.9 Å². The Morgan fingerprint density at radius 1 is 1.15 bits per heavy atom. The fourth-order valence-electron chi connectivity index (χ4n) is 4.23. The minimum atomic E-state index is -1.01. The molecule has 0 spiro atoms. The van der Waals surface area contributed by atoms with Gasteiger partial charge in [0.15, 0.2) is 0 Å². The number of halogens is 1. The maximum Gasteiger partial charge on any atom is 0.272 e. The van der Waals surface area contributed by atoms with Crippen LogP contribution in [0.5, 0.6) is 0 Å². The summed E-state index contributed by atoms with van der Waals surface area (Å²) < 4.78 is 0. The topological polar surface area (TPSA) is 115 Å². The number of hydrogen-bond acceptors (Lipinski definition) is 5. The number of likely N-dealkylation sites (tertiary alicyclic amines) is 1. The zero-order valence-electron chi connectivity index (χ0n) is 18.2. The number of nitrogens with one attached hydrogen (secondary N) is 2. The average molecular weight is 469 g/mol. The second-order valence-electron chi connectivity index (χ2n) is 8.37. The number of piperidine rings is 1. The number of rotatable bonds is 5. The summed E-state index contributed by atoms with van der Waals surface area (Å²) in [6.45, 7) is 2.40. The number of H-pyrrole nitrogens is 1. The third-order valence-electron chi connectivity index (χ3n) is 6.13. The van der Waals surface area contributed by atoms with Crippen molar-refractivity contribution < 1.29 is 14.7 Å². The molecule has 0 radical (unpaired) electrons. The van der Waals surface area contributed by atoms with Gasteiger partial charge < -0.3 is 15.3 Å². The molecule has 3 N–H and O–H groups in total. The van der Waals surface area contributed by atoms with E-state index >= 15 is 0 Å². The molecule has 8 nitrogen and oxygen atoms in total. The van der Waals surface area contributed by atoms with E-state index in [-0.39, 0.29) is 23.8 Å². The van der Waals surface area contributed by atoms with Gasteiger partial charge >= 0.3 is 0 Å². The third-order valence-corrected chi connectivity index (χ3v) is 6.39. The Morgan fingerprint density at radius 3 is 2.45 bits per heavy atom. The molecule has 0 aliphatic carbocycles. The molecule has 0 bridgehead atoms. The van der Waals surface area contributed by atoms with E-state index < -0.39 is 11.6 Å². The molecule has 1 aromatic heterocycles. The van der Waals surface area contributed by atoms with E-state index in [1.807, 2.05) is 0 Å². The van der Waals surface area contributed by atoms with Crippen molar-refractivity contribution in [1.29, 1.82) is 0 Å². The first kappa shape index (κ1) is 22.9. The van der Waals surface area contributed by atoms with Gasteiger partial charge in [-0.2, -0.15) is 5.10 Å². The third kappa shape index (κ3) is 4.91. The number of carbonyl (C=O) groups is 2. The molecular formula is C24H25ClN4O4. The van der Waals surface area contributed by atoms with Crippen LogP contribution in [0, 0.1) is 0 Å². The summed E-state index contributed by atoms with van der Waals surface area (Å²) >= 11 is 5.94. The zero-order chi connectivity index (χ0) is 23.6. The lowest BCUT2D eigenvalue weighted by Gasteiger charge is -2.39. The van der Waals surface area contributed by atoms with E-state index in [0.717, 1.165) is 5.56 Å². The maximum absolute atomic E-state index is 12.9. The normalized spacial score (nSPS) is 16.4. The van der Waals surface area contributed by atoms with Gasteiger partial charge in [0.2, 0.25) is 11.8 Å². The zero-order valence-corrected chi connectivity index (χ0v) is 18.9. The first-order valence-corrected chi connectivity index (χ1v) is 11.2. The van der Waals surface area contributed by atoms with E-state index in [0.29, 0.717) is 47.4 Å². The molecule has 1 fully saturated rings. The molecule has 1 saturated heterocycles. The van der Waals surface area contributed by atoms with Crippen LogP contribution >= 0.6 is 11.6 Å². The molecule has 33 heavy (non-hydrogen) atoms. The van der Waals surface area contributed by atoms with Gasteiger partial charge in [-0.3, -0.25) is 14.4 Å². The fourth-order valence-corrected chi connectivity index (χ4v) is 4.36. The van der Waals surface area contributed by atoms with Crippen LogP contribution in [0.2, 0.25) is 5.02 Å². The van der Waals surface area contributed by atoms with Gasteiger partial charge in [-0.05, 0) is 43.5 Å². The number of amides is 2. The Labute approximate surface area is 195 Å². The first-order chi connectivity index (χ1) is 15.8. The van der Waals surface area contributed by atoms with E-state index in [1.54, 1.807) is 60.4 Å². The van der Waals surface area contributed by atoms with Crippen molar-refractivity contribution in [2.24, 2.45) is 0 Å². The smallest absolute Gasteiger partial charge is 0.272 e. The minimum absolute atomic E-state index is 0.0643. The molecule has 2 amide bonds. The standard InChI is InChI=1S/C24H25ClN4O4/c1-15(26-21(30)14-20-18-4-2-3-5-19(18)22(31)28-27-20)23(32)29-12-10-24(33,11-13-29)16-6-8-17(25)9-7-16/h2-9,15,33H,10-14H2,1H3,(H,26,30)(H,28,31)/t15-/m0/s1. The van der Waals surface area contributed by atoms with Crippen LogP contribution in [-0.4, -0.2) is 51.1 Å². The van der Waals surface area contributed by atoms with Gasteiger partial charge in [0.1, 0.15) is 6.04 Å². The van der Waals surface area contributed by atoms with Crippen molar-refractivity contribution in [3.63, 3.8) is 0 Å². The number of carbonyl (C=O) groups excluding carboxylic acids is 2. The van der Waals surface area contributed by atoms with Crippen molar-refractivity contribution in [2.45, 2.75) is 37.8 Å². The molecule has 1 aliphatic rings. The van der Waals surface area contributed by atoms with Crippen molar-refractivity contribution in [3.8, 4) is 0 Å². The Bertz CT molecular complexity index is 1230. The van der Waals surface area contributed by atoms with Gasteiger partial charge in [0.25, 0.3) is 5.56 Å². The summed E-state index contributed by atoms with van der Waals surface area (Å²) in [4.78, 5) is 39.0. The summed E-state index contributed by atoms with van der Waals surface area (Å²) in [5, 5.41) is 21.8. The summed E-state index contributed by atoms with van der Waals surface area (Å²) in [6.07, 6.45) is 0.730. The highest BCUT2D eigenvalue weighted by atomic mass is 35.5. The molecule has 172 valence electrons. The van der Waals surface area contributed by atoms with Crippen LogP contribution in [0.4, 0.5) is 0 Å². The fraction of sp³-hybridized carbons (Fsp3) is 0.333. The number of hydrogen-bond donors (Lipinski definition) is 3. The lowest BCUT2D eigenvalue weighted by Crippen LogP contribution is -2.52. The lowest BCUT2D eigenvalue weighted by molar-refractivity contribution is -0.139. The summed E-state index contributed by atoms with van der Waals surface area (Å²) in [7, 11) is 0. The van der Waals surface area contributed by atoms with E-state index in [4.69, 9.17) is 11.6 Å². The Hall–Kier alpha value is -3.23. The van der Waals surface area contributed by atoms with Crippen molar-refractivity contribution >= 4 is 34.2 Å². The van der Waals surface area contributed by atoms with Gasteiger partial charge in [-0.15, -0.1) is 0 Å². The first-order valence-electron chi connectivity index (χ1n) is 10.8. The molecule has 0 unspecified atom stereocenters. The highest BCUT2D eigenvalue weighted by molar-refractivity contribution is 6.30. The van der Waals surface area contributed by atoms with Crippen LogP contribution in [0.3, 0.4) is 0 Å². The van der Waals surface area contributed by atoms with Crippen LogP contribution in [0.15, 0.2) is 53.3 Å². The monoisotopic (exact) mass is 468 g/mol. The Balaban J connectivity index is 1.35. The Kier molecular flexibility index (Phi) is 6.49. The predicted octanol–water partition coefficient (Wildman–Crippen LogP) is 2.13. The van der Waals surface area contributed by atoms with Gasteiger partial charge in [0, 0.05) is 23.5 Å². The molecule has 2 aromatic carbocycles. The SMILES string of the molecule is C[C@H](NC(=O)Cc1n[nH]c(=O)c2ccccc12)C(=O)N1CCC(O)(c2ccc(Cl)cc2)CC1. The quantitative estimate of drug-likeness (QED) is 0.530. The number of aromatic amines is 1. The highest BCUT2D eigenvalue weighted by Crippen LogP contribution is 2.33. The van der Waals surface area contributed by atoms with Crippen molar-refractivity contribution in [3.05, 3.63) is 75.2 Å². The molecule has 3 aromatic rings. The minimum Gasteiger partial charge on any atom is -0.385 e. The largest absolute Gasteiger partial charge is 0.385 e.